The van der Waals surface area contributed by atoms with Crippen LogP contribution in [0.2, 0.25) is 0 Å². The van der Waals surface area contributed by atoms with E-state index in [0.717, 1.165) is 11.3 Å². The minimum Gasteiger partial charge on any atom is -0.337 e. The lowest BCUT2D eigenvalue weighted by Crippen LogP contribution is -2.04. The first-order chi connectivity index (χ1) is 9.24. The fourth-order valence-corrected chi connectivity index (χ4v) is 2.57. The van der Waals surface area contributed by atoms with Gasteiger partial charge in [0.05, 0.1) is 6.04 Å². The fraction of sp³-hybridized carbons (Fsp3) is 0.500. The molecule has 0 amide bonds. The van der Waals surface area contributed by atoms with Crippen LogP contribution in [0.25, 0.3) is 11.4 Å². The molecule has 1 fully saturated rings. The van der Waals surface area contributed by atoms with Crippen LogP contribution in [0.4, 0.5) is 0 Å². The van der Waals surface area contributed by atoms with Gasteiger partial charge in [-0.2, -0.15) is 4.98 Å². The van der Waals surface area contributed by atoms with Crippen LogP contribution in [0.1, 0.15) is 56.2 Å². The summed E-state index contributed by atoms with van der Waals surface area (Å²) in [6.07, 6.45) is 6.88. The Morgan fingerprint density at radius 3 is 2.84 bits per heavy atom. The molecular formula is C14H18N4O. The first-order valence-corrected chi connectivity index (χ1v) is 6.79. The van der Waals surface area contributed by atoms with Crippen molar-refractivity contribution < 1.29 is 4.52 Å². The molecular weight excluding hydrogens is 240 g/mol. The quantitative estimate of drug-likeness (QED) is 0.915. The highest BCUT2D eigenvalue weighted by atomic mass is 16.5. The second-order valence-corrected chi connectivity index (χ2v) is 5.20. The molecule has 1 unspecified atom stereocenters. The number of aromatic nitrogens is 3. The van der Waals surface area contributed by atoms with Crippen LogP contribution in [0.5, 0.6) is 0 Å². The molecule has 2 N–H and O–H groups in total. The van der Waals surface area contributed by atoms with Gasteiger partial charge in [0.15, 0.2) is 0 Å². The van der Waals surface area contributed by atoms with Crippen molar-refractivity contribution >= 4 is 0 Å². The van der Waals surface area contributed by atoms with Gasteiger partial charge in [-0.3, -0.25) is 4.98 Å². The Balaban J connectivity index is 1.89. The van der Waals surface area contributed by atoms with Crippen molar-refractivity contribution in [3.63, 3.8) is 0 Å². The molecule has 19 heavy (non-hydrogen) atoms. The van der Waals surface area contributed by atoms with Crippen molar-refractivity contribution in [2.45, 2.75) is 44.6 Å². The Morgan fingerprint density at radius 2 is 2.16 bits per heavy atom. The van der Waals surface area contributed by atoms with Gasteiger partial charge in [0.25, 0.3) is 0 Å². The van der Waals surface area contributed by atoms with Crippen molar-refractivity contribution in [3.8, 4) is 11.4 Å². The molecule has 1 aliphatic carbocycles. The lowest BCUT2D eigenvalue weighted by Gasteiger charge is -2.08. The molecule has 100 valence electrons. The minimum atomic E-state index is -0.239. The maximum Gasteiger partial charge on any atom is 0.243 e. The van der Waals surface area contributed by atoms with E-state index in [-0.39, 0.29) is 6.04 Å². The predicted octanol–water partition coefficient (Wildman–Crippen LogP) is 2.81. The maximum absolute atomic E-state index is 5.73. The maximum atomic E-state index is 5.73. The van der Waals surface area contributed by atoms with E-state index in [9.17, 15) is 0 Å². The first-order valence-electron chi connectivity index (χ1n) is 6.79. The number of nitrogens with two attached hydrogens (primary N) is 1. The summed E-state index contributed by atoms with van der Waals surface area (Å²) < 4.78 is 5.14. The van der Waals surface area contributed by atoms with E-state index in [1.54, 1.807) is 0 Å². The molecule has 1 saturated carbocycles. The van der Waals surface area contributed by atoms with Gasteiger partial charge in [0.2, 0.25) is 11.7 Å². The average molecular weight is 258 g/mol. The van der Waals surface area contributed by atoms with Crippen LogP contribution in [0.3, 0.4) is 0 Å². The van der Waals surface area contributed by atoms with Gasteiger partial charge in [0, 0.05) is 23.4 Å². The molecule has 5 heteroatoms. The summed E-state index contributed by atoms with van der Waals surface area (Å²) in [5.41, 5.74) is 7.82. The highest BCUT2D eigenvalue weighted by Crippen LogP contribution is 2.34. The summed E-state index contributed by atoms with van der Waals surface area (Å²) in [5.74, 6) is 1.64. The summed E-state index contributed by atoms with van der Waals surface area (Å²) in [4.78, 5) is 8.80. The van der Waals surface area contributed by atoms with Gasteiger partial charge in [-0.05, 0) is 31.9 Å². The molecule has 1 atom stereocenters. The lowest BCUT2D eigenvalue weighted by atomic mass is 10.0. The third-order valence-electron chi connectivity index (χ3n) is 3.64. The first kappa shape index (κ1) is 12.3. The molecule has 0 aliphatic heterocycles. The van der Waals surface area contributed by atoms with Gasteiger partial charge >= 0.3 is 0 Å². The molecule has 2 aromatic rings. The molecule has 0 saturated heterocycles. The van der Waals surface area contributed by atoms with E-state index >= 15 is 0 Å². The van der Waals surface area contributed by atoms with E-state index in [0.29, 0.717) is 17.6 Å². The van der Waals surface area contributed by atoms with Crippen LogP contribution in [-0.2, 0) is 0 Å². The molecule has 1 aliphatic rings. The molecule has 0 aromatic carbocycles. The minimum absolute atomic E-state index is 0.239. The summed E-state index contributed by atoms with van der Waals surface area (Å²) in [6.45, 7) is 1.83. The SMILES string of the molecule is CC(N)c1nc(-c2ccnc(C3CCCC3)c2)no1. The average Bonchev–Trinajstić information content (AvgIpc) is 3.10. The summed E-state index contributed by atoms with van der Waals surface area (Å²) in [5, 5.41) is 3.98. The van der Waals surface area contributed by atoms with Crippen molar-refractivity contribution in [1.29, 1.82) is 0 Å². The highest BCUT2D eigenvalue weighted by Gasteiger charge is 2.19. The summed E-state index contributed by atoms with van der Waals surface area (Å²) >= 11 is 0. The Hall–Kier alpha value is -1.75. The Kier molecular flexibility index (Phi) is 3.29. The molecule has 2 aromatic heterocycles. The second-order valence-electron chi connectivity index (χ2n) is 5.20. The molecule has 2 heterocycles. The monoisotopic (exact) mass is 258 g/mol. The van der Waals surface area contributed by atoms with Crippen LogP contribution < -0.4 is 5.73 Å². The molecule has 0 bridgehead atoms. The molecule has 5 nitrogen and oxygen atoms in total. The third kappa shape index (κ3) is 2.51. The predicted molar refractivity (Wildman–Crippen MR) is 71.3 cm³/mol. The lowest BCUT2D eigenvalue weighted by molar-refractivity contribution is 0.362. The zero-order valence-electron chi connectivity index (χ0n) is 11.0. The second kappa shape index (κ2) is 5.09. The van der Waals surface area contributed by atoms with Crippen LogP contribution >= 0.6 is 0 Å². The van der Waals surface area contributed by atoms with Gasteiger partial charge in [0.1, 0.15) is 0 Å². The Labute approximate surface area is 112 Å². The van der Waals surface area contributed by atoms with E-state index in [1.165, 1.54) is 25.7 Å². The molecule has 0 spiro atoms. The Morgan fingerprint density at radius 1 is 1.37 bits per heavy atom. The zero-order chi connectivity index (χ0) is 13.2. The van der Waals surface area contributed by atoms with Crippen molar-refractivity contribution in [2.24, 2.45) is 5.73 Å². The molecule has 3 rings (SSSR count). The van der Waals surface area contributed by atoms with Crippen molar-refractivity contribution in [2.75, 3.05) is 0 Å². The number of rotatable bonds is 3. The van der Waals surface area contributed by atoms with Crippen LogP contribution in [-0.4, -0.2) is 15.1 Å². The third-order valence-corrected chi connectivity index (χ3v) is 3.64. The number of nitrogens with zero attached hydrogens (tertiary/aromatic N) is 3. The Bertz CT molecular complexity index is 558. The fourth-order valence-electron chi connectivity index (χ4n) is 2.57. The van der Waals surface area contributed by atoms with E-state index in [1.807, 2.05) is 19.2 Å². The largest absolute Gasteiger partial charge is 0.337 e. The van der Waals surface area contributed by atoms with E-state index in [4.69, 9.17) is 10.3 Å². The topological polar surface area (TPSA) is 77.8 Å². The summed E-state index contributed by atoms with van der Waals surface area (Å²) in [6, 6.07) is 3.75. The zero-order valence-corrected chi connectivity index (χ0v) is 11.0. The van der Waals surface area contributed by atoms with Gasteiger partial charge < -0.3 is 10.3 Å². The van der Waals surface area contributed by atoms with E-state index in [2.05, 4.69) is 21.2 Å². The van der Waals surface area contributed by atoms with Crippen LogP contribution in [0, 0.1) is 0 Å². The van der Waals surface area contributed by atoms with Crippen molar-refractivity contribution in [3.05, 3.63) is 29.9 Å². The number of pyridine rings is 1. The van der Waals surface area contributed by atoms with Crippen molar-refractivity contribution in [1.82, 2.24) is 15.1 Å². The van der Waals surface area contributed by atoms with Gasteiger partial charge in [-0.25, -0.2) is 0 Å². The smallest absolute Gasteiger partial charge is 0.243 e. The standard InChI is InChI=1S/C14H18N4O/c1-9(15)14-17-13(18-19-14)11-6-7-16-12(8-11)10-4-2-3-5-10/h6-10H,2-5,15H2,1H3. The van der Waals surface area contributed by atoms with Crippen LogP contribution in [0.15, 0.2) is 22.9 Å². The number of hydrogen-bond acceptors (Lipinski definition) is 5. The molecule has 0 radical (unpaired) electrons. The number of hydrogen-bond donors (Lipinski definition) is 1. The summed E-state index contributed by atoms with van der Waals surface area (Å²) in [7, 11) is 0. The van der Waals surface area contributed by atoms with Gasteiger partial charge in [-0.1, -0.05) is 18.0 Å². The highest BCUT2D eigenvalue weighted by molar-refractivity contribution is 5.54. The van der Waals surface area contributed by atoms with E-state index < -0.39 is 0 Å². The normalized spacial score (nSPS) is 17.8. The van der Waals surface area contributed by atoms with Gasteiger partial charge in [-0.15, -0.1) is 0 Å².